The molecule has 0 atom stereocenters. The van der Waals surface area contributed by atoms with Gasteiger partial charge in [0.25, 0.3) is 5.91 Å². The molecule has 1 aliphatic heterocycles. The number of likely N-dealkylation sites (tertiary alicyclic amines) is 1. The van der Waals surface area contributed by atoms with E-state index in [1.165, 1.54) is 31.5 Å². The fraction of sp³-hybridized carbons (Fsp3) is 0.333. The molecule has 1 amide bonds. The molecule has 1 aromatic carbocycles. The lowest BCUT2D eigenvalue weighted by molar-refractivity contribution is 0.0951. The number of aromatic nitrogens is 1. The van der Waals surface area contributed by atoms with Gasteiger partial charge < -0.3 is 5.32 Å². The third-order valence-corrected chi connectivity index (χ3v) is 4.02. The number of amides is 1. The van der Waals surface area contributed by atoms with Gasteiger partial charge in [-0.25, -0.2) is 0 Å². The van der Waals surface area contributed by atoms with Crippen LogP contribution in [0.5, 0.6) is 0 Å². The Morgan fingerprint density at radius 2 is 1.64 bits per heavy atom. The van der Waals surface area contributed by atoms with Gasteiger partial charge in [-0.3, -0.25) is 14.7 Å². The van der Waals surface area contributed by atoms with E-state index in [9.17, 15) is 4.79 Å². The highest BCUT2D eigenvalue weighted by Gasteiger charge is 2.11. The van der Waals surface area contributed by atoms with Gasteiger partial charge in [-0.15, -0.1) is 0 Å². The lowest BCUT2D eigenvalue weighted by Gasteiger charge is -2.14. The summed E-state index contributed by atoms with van der Waals surface area (Å²) in [7, 11) is 0. The molecule has 1 aliphatic rings. The van der Waals surface area contributed by atoms with E-state index >= 15 is 0 Å². The van der Waals surface area contributed by atoms with E-state index in [1.54, 1.807) is 24.5 Å². The largest absolute Gasteiger partial charge is 0.348 e. The molecule has 1 aromatic heterocycles. The van der Waals surface area contributed by atoms with Crippen LogP contribution in [-0.2, 0) is 13.1 Å². The Morgan fingerprint density at radius 1 is 1.00 bits per heavy atom. The Morgan fingerprint density at radius 3 is 2.32 bits per heavy atom. The van der Waals surface area contributed by atoms with E-state index in [1.807, 2.05) is 0 Å². The van der Waals surface area contributed by atoms with Crippen LogP contribution in [-0.4, -0.2) is 28.9 Å². The molecule has 4 heteroatoms. The first kappa shape index (κ1) is 14.7. The van der Waals surface area contributed by atoms with Gasteiger partial charge in [0, 0.05) is 31.0 Å². The molecule has 1 N–H and O–H groups in total. The van der Waals surface area contributed by atoms with Crippen molar-refractivity contribution in [2.45, 2.75) is 25.9 Å². The Labute approximate surface area is 131 Å². The second-order valence-electron chi connectivity index (χ2n) is 5.72. The fourth-order valence-electron chi connectivity index (χ4n) is 2.75. The molecule has 1 fully saturated rings. The molecule has 114 valence electrons. The van der Waals surface area contributed by atoms with Gasteiger partial charge in [0.15, 0.2) is 0 Å². The average Bonchev–Trinajstić information content (AvgIpc) is 3.08. The summed E-state index contributed by atoms with van der Waals surface area (Å²) in [6.45, 7) is 4.00. The summed E-state index contributed by atoms with van der Waals surface area (Å²) in [6, 6.07) is 11.9. The van der Waals surface area contributed by atoms with Crippen molar-refractivity contribution in [1.82, 2.24) is 15.2 Å². The van der Waals surface area contributed by atoms with Gasteiger partial charge in [0.2, 0.25) is 0 Å². The molecule has 0 saturated carbocycles. The number of benzene rings is 1. The average molecular weight is 295 g/mol. The number of nitrogens with one attached hydrogen (secondary N) is 1. The van der Waals surface area contributed by atoms with Crippen molar-refractivity contribution < 1.29 is 4.79 Å². The lowest BCUT2D eigenvalue weighted by atomic mass is 10.1. The Kier molecular flexibility index (Phi) is 4.81. The summed E-state index contributed by atoms with van der Waals surface area (Å²) >= 11 is 0. The van der Waals surface area contributed by atoms with Crippen LogP contribution < -0.4 is 5.32 Å². The van der Waals surface area contributed by atoms with Gasteiger partial charge in [-0.1, -0.05) is 24.3 Å². The topological polar surface area (TPSA) is 45.2 Å². The number of pyridine rings is 1. The normalized spacial score (nSPS) is 14.9. The molecule has 0 radical (unpaired) electrons. The van der Waals surface area contributed by atoms with Crippen molar-refractivity contribution in [1.29, 1.82) is 0 Å². The van der Waals surface area contributed by atoms with Gasteiger partial charge in [0.1, 0.15) is 0 Å². The third kappa shape index (κ3) is 3.92. The van der Waals surface area contributed by atoms with Crippen LogP contribution >= 0.6 is 0 Å². The van der Waals surface area contributed by atoms with E-state index in [0.29, 0.717) is 12.1 Å². The Balaban J connectivity index is 1.51. The molecule has 0 aliphatic carbocycles. The number of hydrogen-bond donors (Lipinski definition) is 1. The molecule has 3 rings (SSSR count). The fourth-order valence-corrected chi connectivity index (χ4v) is 2.75. The maximum absolute atomic E-state index is 12.0. The van der Waals surface area contributed by atoms with Crippen molar-refractivity contribution in [3.8, 4) is 0 Å². The lowest BCUT2D eigenvalue weighted by Crippen LogP contribution is -2.22. The summed E-state index contributed by atoms with van der Waals surface area (Å²) < 4.78 is 0. The van der Waals surface area contributed by atoms with Crippen molar-refractivity contribution >= 4 is 5.91 Å². The summed E-state index contributed by atoms with van der Waals surface area (Å²) in [6.07, 6.45) is 5.89. The molecule has 1 saturated heterocycles. The van der Waals surface area contributed by atoms with E-state index in [-0.39, 0.29) is 5.91 Å². The maximum Gasteiger partial charge on any atom is 0.251 e. The molecule has 0 spiro atoms. The minimum absolute atomic E-state index is 0.0662. The van der Waals surface area contributed by atoms with Crippen LogP contribution in [0.4, 0.5) is 0 Å². The molecular weight excluding hydrogens is 274 g/mol. The van der Waals surface area contributed by atoms with Crippen LogP contribution in [0, 0.1) is 0 Å². The van der Waals surface area contributed by atoms with E-state index < -0.39 is 0 Å². The molecule has 2 heterocycles. The van der Waals surface area contributed by atoms with Crippen molar-refractivity contribution in [2.75, 3.05) is 13.1 Å². The highest BCUT2D eigenvalue weighted by atomic mass is 16.1. The van der Waals surface area contributed by atoms with Crippen LogP contribution in [0.1, 0.15) is 34.3 Å². The van der Waals surface area contributed by atoms with Gasteiger partial charge in [0.05, 0.1) is 0 Å². The second kappa shape index (κ2) is 7.18. The van der Waals surface area contributed by atoms with Crippen LogP contribution in [0.3, 0.4) is 0 Å². The van der Waals surface area contributed by atoms with Crippen LogP contribution in [0.15, 0.2) is 48.8 Å². The van der Waals surface area contributed by atoms with E-state index in [2.05, 4.69) is 39.5 Å². The Bertz CT molecular complexity index is 604. The van der Waals surface area contributed by atoms with Gasteiger partial charge in [-0.2, -0.15) is 0 Å². The van der Waals surface area contributed by atoms with Crippen molar-refractivity contribution in [3.63, 3.8) is 0 Å². The van der Waals surface area contributed by atoms with Gasteiger partial charge >= 0.3 is 0 Å². The number of carbonyl (C=O) groups excluding carboxylic acids is 1. The zero-order chi connectivity index (χ0) is 15.2. The predicted octanol–water partition coefficient (Wildman–Crippen LogP) is 2.61. The van der Waals surface area contributed by atoms with Crippen LogP contribution in [0.2, 0.25) is 0 Å². The quantitative estimate of drug-likeness (QED) is 0.922. The first-order valence-corrected chi connectivity index (χ1v) is 7.80. The smallest absolute Gasteiger partial charge is 0.251 e. The van der Waals surface area contributed by atoms with E-state index in [0.717, 1.165) is 12.1 Å². The molecular formula is C18H21N3O. The molecule has 2 aromatic rings. The number of rotatable bonds is 5. The molecule has 4 nitrogen and oxygen atoms in total. The van der Waals surface area contributed by atoms with E-state index in [4.69, 9.17) is 0 Å². The summed E-state index contributed by atoms with van der Waals surface area (Å²) in [5.41, 5.74) is 3.10. The molecule has 0 unspecified atom stereocenters. The zero-order valence-corrected chi connectivity index (χ0v) is 12.7. The highest BCUT2D eigenvalue weighted by molar-refractivity contribution is 5.93. The first-order valence-electron chi connectivity index (χ1n) is 7.80. The van der Waals surface area contributed by atoms with Gasteiger partial charge in [-0.05, 0) is 49.2 Å². The number of hydrogen-bond acceptors (Lipinski definition) is 3. The second-order valence-corrected chi connectivity index (χ2v) is 5.72. The van der Waals surface area contributed by atoms with Crippen molar-refractivity contribution in [3.05, 3.63) is 65.5 Å². The SMILES string of the molecule is O=C(NCc1ccc(CN2CCCC2)cc1)c1ccncc1. The minimum Gasteiger partial charge on any atom is -0.348 e. The first-order chi connectivity index (χ1) is 10.8. The Hall–Kier alpha value is -2.20. The van der Waals surface area contributed by atoms with Crippen LogP contribution in [0.25, 0.3) is 0 Å². The zero-order valence-electron chi connectivity index (χ0n) is 12.7. The highest BCUT2D eigenvalue weighted by Crippen LogP contribution is 2.13. The predicted molar refractivity (Wildman–Crippen MR) is 86.4 cm³/mol. The minimum atomic E-state index is -0.0662. The standard InChI is InChI=1S/C18H21N3O/c22-18(17-7-9-19-10-8-17)20-13-15-3-5-16(6-4-15)14-21-11-1-2-12-21/h3-10H,1-2,11-14H2,(H,20,22). The monoisotopic (exact) mass is 295 g/mol. The molecule has 0 bridgehead atoms. The maximum atomic E-state index is 12.0. The summed E-state index contributed by atoms with van der Waals surface area (Å²) in [4.78, 5) is 18.4. The molecule has 22 heavy (non-hydrogen) atoms. The summed E-state index contributed by atoms with van der Waals surface area (Å²) in [5, 5.41) is 2.93. The number of nitrogens with zero attached hydrogens (tertiary/aromatic N) is 2. The summed E-state index contributed by atoms with van der Waals surface area (Å²) in [5.74, 6) is -0.0662. The number of carbonyl (C=O) groups is 1. The third-order valence-electron chi connectivity index (χ3n) is 4.02. The van der Waals surface area contributed by atoms with Crippen molar-refractivity contribution in [2.24, 2.45) is 0 Å².